The summed E-state index contributed by atoms with van der Waals surface area (Å²) in [6, 6.07) is 9.66. The Kier molecular flexibility index (Phi) is 4.19. The number of fused-ring (bicyclic) bond motifs is 3. The van der Waals surface area contributed by atoms with Crippen LogP contribution in [0.4, 0.5) is 14.5 Å². The predicted molar refractivity (Wildman–Crippen MR) is 105 cm³/mol. The van der Waals surface area contributed by atoms with E-state index >= 15 is 0 Å². The Morgan fingerprint density at radius 2 is 1.93 bits per heavy atom. The van der Waals surface area contributed by atoms with Gasteiger partial charge in [-0.2, -0.15) is 5.26 Å². The summed E-state index contributed by atoms with van der Waals surface area (Å²) < 4.78 is 26.8. The largest absolute Gasteiger partial charge is 0.349 e. The molecule has 29 heavy (non-hydrogen) atoms. The SMILES string of the molecule is N#Cc1ccc(N2CC3CC3C3C=C(C(=O)N4CCC(F)(F)CC4)C=NC32)cc1. The van der Waals surface area contributed by atoms with Crippen LogP contribution in [0.1, 0.15) is 24.8 Å². The van der Waals surface area contributed by atoms with Crippen molar-refractivity contribution in [3.05, 3.63) is 41.5 Å². The Balaban J connectivity index is 1.35. The monoisotopic (exact) mass is 396 g/mol. The smallest absolute Gasteiger partial charge is 0.255 e. The maximum Gasteiger partial charge on any atom is 0.255 e. The van der Waals surface area contributed by atoms with Gasteiger partial charge in [0.15, 0.2) is 0 Å². The number of aliphatic imine (C=N–C) groups is 1. The van der Waals surface area contributed by atoms with Crippen LogP contribution in [0, 0.1) is 29.1 Å². The molecule has 0 spiro atoms. The zero-order valence-corrected chi connectivity index (χ0v) is 16.0. The number of hydrogen-bond donors (Lipinski definition) is 0. The molecule has 4 atom stereocenters. The molecule has 4 unspecified atom stereocenters. The number of amides is 1. The molecule has 0 N–H and O–H groups in total. The molecule has 4 aliphatic rings. The van der Waals surface area contributed by atoms with Gasteiger partial charge in [-0.3, -0.25) is 9.79 Å². The highest BCUT2D eigenvalue weighted by Crippen LogP contribution is 2.53. The minimum atomic E-state index is -2.66. The van der Waals surface area contributed by atoms with Gasteiger partial charge in [0.25, 0.3) is 11.8 Å². The van der Waals surface area contributed by atoms with Crippen LogP contribution in [0.25, 0.3) is 0 Å². The van der Waals surface area contributed by atoms with Crippen LogP contribution in [-0.2, 0) is 4.79 Å². The topological polar surface area (TPSA) is 59.7 Å². The van der Waals surface area contributed by atoms with Crippen LogP contribution in [0.2, 0.25) is 0 Å². The van der Waals surface area contributed by atoms with E-state index in [1.807, 2.05) is 30.3 Å². The molecule has 5 rings (SSSR count). The molecule has 1 aromatic rings. The molecule has 7 heteroatoms. The first-order valence-corrected chi connectivity index (χ1v) is 10.1. The van der Waals surface area contributed by atoms with E-state index in [-0.39, 0.29) is 43.9 Å². The molecule has 3 aliphatic heterocycles. The van der Waals surface area contributed by atoms with Crippen molar-refractivity contribution in [2.24, 2.45) is 22.7 Å². The Morgan fingerprint density at radius 1 is 1.21 bits per heavy atom. The number of hydrogen-bond acceptors (Lipinski definition) is 4. The number of alkyl halides is 2. The van der Waals surface area contributed by atoms with Crippen LogP contribution in [0.5, 0.6) is 0 Å². The van der Waals surface area contributed by atoms with Crippen molar-refractivity contribution < 1.29 is 13.6 Å². The predicted octanol–water partition coefficient (Wildman–Crippen LogP) is 3.23. The van der Waals surface area contributed by atoms with Gasteiger partial charge in [0.2, 0.25) is 0 Å². The van der Waals surface area contributed by atoms with Crippen LogP contribution in [0.3, 0.4) is 0 Å². The molecule has 150 valence electrons. The Bertz CT molecular complexity index is 923. The minimum Gasteiger partial charge on any atom is -0.349 e. The lowest BCUT2D eigenvalue weighted by Crippen LogP contribution is -2.48. The molecular formula is C22H22F2N4O. The lowest BCUT2D eigenvalue weighted by atomic mass is 9.89. The average molecular weight is 396 g/mol. The van der Waals surface area contributed by atoms with Gasteiger partial charge in [-0.1, -0.05) is 6.08 Å². The van der Waals surface area contributed by atoms with E-state index in [1.165, 1.54) is 4.90 Å². The van der Waals surface area contributed by atoms with Gasteiger partial charge in [-0.25, -0.2) is 8.78 Å². The third-order valence-electron chi connectivity index (χ3n) is 6.66. The fraction of sp³-hybridized carbons (Fsp3) is 0.500. The van der Waals surface area contributed by atoms with Crippen molar-refractivity contribution in [1.82, 2.24) is 4.90 Å². The molecule has 0 bridgehead atoms. The van der Waals surface area contributed by atoms with Crippen LogP contribution < -0.4 is 4.90 Å². The first-order chi connectivity index (χ1) is 13.9. The van der Waals surface area contributed by atoms with E-state index in [0.29, 0.717) is 23.0 Å². The summed E-state index contributed by atoms with van der Waals surface area (Å²) in [5.41, 5.74) is 2.19. The van der Waals surface area contributed by atoms with Gasteiger partial charge in [-0.05, 0) is 42.5 Å². The summed E-state index contributed by atoms with van der Waals surface area (Å²) in [4.78, 5) is 21.4. The number of rotatable bonds is 2. The number of likely N-dealkylation sites (tertiary alicyclic amines) is 1. The first kappa shape index (κ1) is 18.3. The van der Waals surface area contributed by atoms with E-state index in [0.717, 1.165) is 18.7 Å². The quantitative estimate of drug-likeness (QED) is 0.771. The van der Waals surface area contributed by atoms with E-state index in [1.54, 1.807) is 6.21 Å². The van der Waals surface area contributed by atoms with Crippen molar-refractivity contribution in [3.8, 4) is 6.07 Å². The lowest BCUT2D eigenvalue weighted by molar-refractivity contribution is -0.132. The molecule has 5 nitrogen and oxygen atoms in total. The summed E-state index contributed by atoms with van der Waals surface area (Å²) in [5, 5.41) is 9.02. The zero-order valence-electron chi connectivity index (χ0n) is 16.0. The molecule has 1 saturated carbocycles. The highest BCUT2D eigenvalue weighted by atomic mass is 19.3. The number of nitrogens with zero attached hydrogens (tertiary/aromatic N) is 4. The minimum absolute atomic E-state index is 0.0612. The van der Waals surface area contributed by atoms with Crippen molar-refractivity contribution in [2.45, 2.75) is 31.4 Å². The molecule has 1 amide bonds. The fourth-order valence-corrected chi connectivity index (χ4v) is 4.87. The van der Waals surface area contributed by atoms with E-state index in [4.69, 9.17) is 10.3 Å². The van der Waals surface area contributed by atoms with Crippen molar-refractivity contribution in [1.29, 1.82) is 5.26 Å². The second kappa shape index (κ2) is 6.65. The van der Waals surface area contributed by atoms with Gasteiger partial charge in [0.1, 0.15) is 6.17 Å². The van der Waals surface area contributed by atoms with Gasteiger partial charge < -0.3 is 9.80 Å². The second-order valence-corrected chi connectivity index (χ2v) is 8.51. The normalized spacial score (nSPS) is 32.0. The lowest BCUT2D eigenvalue weighted by Gasteiger charge is -2.41. The third-order valence-corrected chi connectivity index (χ3v) is 6.66. The van der Waals surface area contributed by atoms with Gasteiger partial charge >= 0.3 is 0 Å². The number of benzene rings is 1. The highest BCUT2D eigenvalue weighted by Gasteiger charge is 2.53. The van der Waals surface area contributed by atoms with E-state index < -0.39 is 5.92 Å². The van der Waals surface area contributed by atoms with Crippen LogP contribution >= 0.6 is 0 Å². The fourth-order valence-electron chi connectivity index (χ4n) is 4.87. The highest BCUT2D eigenvalue weighted by molar-refractivity contribution is 6.12. The summed E-state index contributed by atoms with van der Waals surface area (Å²) in [7, 11) is 0. The molecule has 3 fully saturated rings. The molecular weight excluding hydrogens is 374 g/mol. The van der Waals surface area contributed by atoms with Crippen molar-refractivity contribution in [2.75, 3.05) is 24.5 Å². The maximum absolute atomic E-state index is 13.4. The van der Waals surface area contributed by atoms with Crippen LogP contribution in [-0.4, -0.2) is 48.7 Å². The third kappa shape index (κ3) is 3.31. The zero-order chi connectivity index (χ0) is 20.2. The summed E-state index contributed by atoms with van der Waals surface area (Å²) in [5.74, 6) is -1.58. The number of dihydropyridines is 1. The summed E-state index contributed by atoms with van der Waals surface area (Å²) in [6.45, 7) is 1.11. The molecule has 1 aliphatic carbocycles. The Labute approximate surface area is 168 Å². The number of anilines is 1. The molecule has 1 aromatic carbocycles. The van der Waals surface area contributed by atoms with Gasteiger partial charge in [0, 0.05) is 50.3 Å². The van der Waals surface area contributed by atoms with Gasteiger partial charge in [-0.15, -0.1) is 0 Å². The van der Waals surface area contributed by atoms with E-state index in [9.17, 15) is 13.6 Å². The van der Waals surface area contributed by atoms with Crippen molar-refractivity contribution in [3.63, 3.8) is 0 Å². The standard InChI is InChI=1S/C22H22F2N4O/c23-22(24)5-7-27(8-6-22)21(29)15-9-19-18-10-16(18)13-28(20(19)26-12-15)17-3-1-14(11-25)2-4-17/h1-4,9,12,16,18-20H,5-8,10,13H2. The average Bonchev–Trinajstić information content (AvgIpc) is 3.52. The number of carbonyl (C=O) groups is 1. The first-order valence-electron chi connectivity index (χ1n) is 10.1. The number of nitriles is 1. The van der Waals surface area contributed by atoms with E-state index in [2.05, 4.69) is 11.0 Å². The molecule has 0 radical (unpaired) electrons. The molecule has 3 heterocycles. The number of halogens is 2. The van der Waals surface area contributed by atoms with Crippen LogP contribution in [0.15, 0.2) is 40.9 Å². The summed E-state index contributed by atoms with van der Waals surface area (Å²) >= 11 is 0. The number of piperidine rings is 2. The molecule has 0 aromatic heterocycles. The van der Waals surface area contributed by atoms with Gasteiger partial charge in [0.05, 0.1) is 17.2 Å². The summed E-state index contributed by atoms with van der Waals surface area (Å²) in [6.07, 6.45) is 4.16. The maximum atomic E-state index is 13.4. The Morgan fingerprint density at radius 3 is 2.62 bits per heavy atom. The Hall–Kier alpha value is -2.75. The second-order valence-electron chi connectivity index (χ2n) is 8.51. The van der Waals surface area contributed by atoms with Crippen molar-refractivity contribution >= 4 is 17.8 Å². The number of carbonyl (C=O) groups excluding carboxylic acids is 1. The molecule has 2 saturated heterocycles.